The molecular weight excluding hydrogens is 398 g/mol. The topological polar surface area (TPSA) is 97.0 Å². The number of hydrogen-bond donors (Lipinski definition) is 2. The molecule has 164 valence electrons. The molecule has 2 aromatic carbocycles. The fourth-order valence-corrected chi connectivity index (χ4v) is 3.52. The second kappa shape index (κ2) is 9.07. The molecule has 0 aromatic heterocycles. The van der Waals surface area contributed by atoms with E-state index in [-0.39, 0.29) is 0 Å². The Hall–Kier alpha value is -3.55. The van der Waals surface area contributed by atoms with Crippen LogP contribution < -0.4 is 20.1 Å². The van der Waals surface area contributed by atoms with Crippen molar-refractivity contribution in [1.29, 1.82) is 0 Å². The zero-order valence-corrected chi connectivity index (χ0v) is 18.1. The van der Waals surface area contributed by atoms with Crippen molar-refractivity contribution in [3.63, 3.8) is 0 Å². The Labute approximate surface area is 181 Å². The Kier molecular flexibility index (Phi) is 6.48. The number of amides is 4. The van der Waals surface area contributed by atoms with Crippen LogP contribution >= 0.6 is 0 Å². The number of ether oxygens (including phenoxy) is 2. The third kappa shape index (κ3) is 4.63. The number of para-hydroxylation sites is 2. The number of benzene rings is 2. The minimum atomic E-state index is -1.09. The molecule has 0 radical (unpaired) electrons. The lowest BCUT2D eigenvalue weighted by atomic mass is 9.93. The van der Waals surface area contributed by atoms with Crippen LogP contribution in [0, 0.1) is 0 Å². The molecule has 1 fully saturated rings. The van der Waals surface area contributed by atoms with E-state index >= 15 is 0 Å². The summed E-state index contributed by atoms with van der Waals surface area (Å²) in [6.45, 7) is 3.21. The highest BCUT2D eigenvalue weighted by molar-refractivity contribution is 6.11. The Morgan fingerprint density at radius 2 is 1.77 bits per heavy atom. The molecule has 1 aliphatic rings. The largest absolute Gasteiger partial charge is 0.497 e. The minimum Gasteiger partial charge on any atom is -0.497 e. The first-order valence-corrected chi connectivity index (χ1v) is 10.0. The van der Waals surface area contributed by atoms with E-state index in [9.17, 15) is 14.4 Å². The van der Waals surface area contributed by atoms with Gasteiger partial charge in [0.1, 0.15) is 23.1 Å². The van der Waals surface area contributed by atoms with Crippen LogP contribution in [0.25, 0.3) is 0 Å². The number of anilines is 1. The van der Waals surface area contributed by atoms with Gasteiger partial charge in [0.05, 0.1) is 19.9 Å². The van der Waals surface area contributed by atoms with E-state index in [1.165, 1.54) is 14.0 Å². The van der Waals surface area contributed by atoms with Crippen molar-refractivity contribution < 1.29 is 23.9 Å². The summed E-state index contributed by atoms with van der Waals surface area (Å²) in [6, 6.07) is 12.9. The van der Waals surface area contributed by atoms with Gasteiger partial charge in [0.25, 0.3) is 5.91 Å². The van der Waals surface area contributed by atoms with Crippen molar-refractivity contribution in [2.45, 2.75) is 38.3 Å². The van der Waals surface area contributed by atoms with Gasteiger partial charge in [0.15, 0.2) is 0 Å². The Morgan fingerprint density at radius 1 is 1.10 bits per heavy atom. The van der Waals surface area contributed by atoms with Gasteiger partial charge in [0.2, 0.25) is 5.91 Å². The molecular formula is C23H27N3O5. The van der Waals surface area contributed by atoms with Crippen LogP contribution in [-0.4, -0.2) is 48.5 Å². The molecule has 1 aliphatic heterocycles. The van der Waals surface area contributed by atoms with Gasteiger partial charge in [-0.1, -0.05) is 24.3 Å². The quantitative estimate of drug-likeness (QED) is 0.634. The molecule has 1 saturated heterocycles. The molecule has 8 nitrogen and oxygen atoms in total. The monoisotopic (exact) mass is 425 g/mol. The predicted molar refractivity (Wildman–Crippen MR) is 116 cm³/mol. The second-order valence-electron chi connectivity index (χ2n) is 7.65. The normalized spacial score (nSPS) is 19.0. The number of imide groups is 1. The third-order valence-corrected chi connectivity index (χ3v) is 5.50. The Morgan fingerprint density at radius 3 is 2.42 bits per heavy atom. The predicted octanol–water partition coefficient (Wildman–Crippen LogP) is 2.97. The summed E-state index contributed by atoms with van der Waals surface area (Å²) >= 11 is 0. The standard InChI is InChI=1S/C23H27N3O5/c1-15(20(27)24-18-7-5-6-8-19(18)31-4)26-21(28)23(2,25-22(26)29)14-13-16-9-11-17(30-3)12-10-16/h5-12,15H,13-14H2,1-4H3,(H,24,27)(H,25,29). The zero-order valence-electron chi connectivity index (χ0n) is 18.1. The van der Waals surface area contributed by atoms with Gasteiger partial charge in [-0.3, -0.25) is 9.59 Å². The lowest BCUT2D eigenvalue weighted by molar-refractivity contribution is -0.136. The maximum absolute atomic E-state index is 13.1. The van der Waals surface area contributed by atoms with Gasteiger partial charge in [0, 0.05) is 0 Å². The first-order valence-electron chi connectivity index (χ1n) is 10.0. The molecule has 0 aliphatic carbocycles. The van der Waals surface area contributed by atoms with Crippen molar-refractivity contribution in [2.75, 3.05) is 19.5 Å². The summed E-state index contributed by atoms with van der Waals surface area (Å²) in [4.78, 5) is 39.4. The lowest BCUT2D eigenvalue weighted by Gasteiger charge is -2.24. The van der Waals surface area contributed by atoms with Gasteiger partial charge < -0.3 is 20.1 Å². The molecule has 0 bridgehead atoms. The summed E-state index contributed by atoms with van der Waals surface area (Å²) in [5.74, 6) is 0.340. The van der Waals surface area contributed by atoms with Crippen LogP contribution in [0.15, 0.2) is 48.5 Å². The lowest BCUT2D eigenvalue weighted by Crippen LogP contribution is -2.48. The number of nitrogens with one attached hydrogen (secondary N) is 2. The Balaban J connectivity index is 1.68. The van der Waals surface area contributed by atoms with Crippen molar-refractivity contribution >= 4 is 23.5 Å². The van der Waals surface area contributed by atoms with Crippen molar-refractivity contribution in [1.82, 2.24) is 10.2 Å². The highest BCUT2D eigenvalue weighted by Gasteiger charge is 2.50. The van der Waals surface area contributed by atoms with Gasteiger partial charge in [-0.25, -0.2) is 9.69 Å². The van der Waals surface area contributed by atoms with E-state index in [1.54, 1.807) is 38.3 Å². The molecule has 0 spiro atoms. The molecule has 0 saturated carbocycles. The van der Waals surface area contributed by atoms with E-state index in [4.69, 9.17) is 9.47 Å². The number of carbonyl (C=O) groups excluding carboxylic acids is 3. The molecule has 3 rings (SSSR count). The first-order chi connectivity index (χ1) is 14.8. The van der Waals surface area contributed by atoms with Gasteiger partial charge in [-0.2, -0.15) is 0 Å². The van der Waals surface area contributed by atoms with E-state index < -0.39 is 29.4 Å². The SMILES string of the molecule is COc1ccc(CCC2(C)NC(=O)N(C(C)C(=O)Nc3ccccc3OC)C2=O)cc1. The van der Waals surface area contributed by atoms with Crippen LogP contribution in [0.2, 0.25) is 0 Å². The summed E-state index contributed by atoms with van der Waals surface area (Å²) in [5.41, 5.74) is 0.399. The maximum Gasteiger partial charge on any atom is 0.325 e. The first kappa shape index (κ1) is 22.1. The zero-order chi connectivity index (χ0) is 22.6. The van der Waals surface area contributed by atoms with E-state index in [2.05, 4.69) is 10.6 Å². The summed E-state index contributed by atoms with van der Waals surface area (Å²) < 4.78 is 10.4. The highest BCUT2D eigenvalue weighted by atomic mass is 16.5. The fourth-order valence-electron chi connectivity index (χ4n) is 3.52. The molecule has 2 atom stereocenters. The van der Waals surface area contributed by atoms with Crippen LogP contribution in [0.1, 0.15) is 25.8 Å². The molecule has 2 aromatic rings. The highest BCUT2D eigenvalue weighted by Crippen LogP contribution is 2.27. The van der Waals surface area contributed by atoms with Crippen molar-refractivity contribution in [3.05, 3.63) is 54.1 Å². The summed E-state index contributed by atoms with van der Waals surface area (Å²) in [5, 5.41) is 5.48. The van der Waals surface area contributed by atoms with Crippen molar-refractivity contribution in [2.24, 2.45) is 0 Å². The number of rotatable bonds is 8. The van der Waals surface area contributed by atoms with Crippen LogP contribution in [0.3, 0.4) is 0 Å². The third-order valence-electron chi connectivity index (χ3n) is 5.50. The van der Waals surface area contributed by atoms with Crippen molar-refractivity contribution in [3.8, 4) is 11.5 Å². The molecule has 2 N–H and O–H groups in total. The smallest absolute Gasteiger partial charge is 0.325 e. The number of methoxy groups -OCH3 is 2. The molecule has 4 amide bonds. The fraction of sp³-hybridized carbons (Fsp3) is 0.348. The van der Waals surface area contributed by atoms with E-state index in [0.29, 0.717) is 24.3 Å². The summed E-state index contributed by atoms with van der Waals surface area (Å²) in [6.07, 6.45) is 0.989. The Bertz CT molecular complexity index is 975. The van der Waals surface area contributed by atoms with Crippen LogP contribution in [0.4, 0.5) is 10.5 Å². The average Bonchev–Trinajstić information content (AvgIpc) is 3.00. The van der Waals surface area contributed by atoms with Gasteiger partial charge >= 0.3 is 6.03 Å². The minimum absolute atomic E-state index is 0.404. The molecule has 31 heavy (non-hydrogen) atoms. The molecule has 2 unspecified atom stereocenters. The number of aryl methyl sites for hydroxylation is 1. The summed E-state index contributed by atoms with van der Waals surface area (Å²) in [7, 11) is 3.10. The second-order valence-corrected chi connectivity index (χ2v) is 7.65. The van der Waals surface area contributed by atoms with Gasteiger partial charge in [-0.05, 0) is 56.5 Å². The maximum atomic E-state index is 13.1. The average molecular weight is 425 g/mol. The van der Waals surface area contributed by atoms with Crippen LogP contribution in [0.5, 0.6) is 11.5 Å². The number of urea groups is 1. The number of carbonyl (C=O) groups is 3. The molecule has 8 heteroatoms. The van der Waals surface area contributed by atoms with Crippen LogP contribution in [-0.2, 0) is 16.0 Å². The van der Waals surface area contributed by atoms with Gasteiger partial charge in [-0.15, -0.1) is 0 Å². The number of hydrogen-bond acceptors (Lipinski definition) is 5. The molecule has 1 heterocycles. The van der Waals surface area contributed by atoms with E-state index in [1.807, 2.05) is 24.3 Å². The number of nitrogens with zero attached hydrogens (tertiary/aromatic N) is 1. The van der Waals surface area contributed by atoms with E-state index in [0.717, 1.165) is 16.2 Å².